The molecule has 0 amide bonds. The minimum Gasteiger partial charge on any atom is -0.506 e. The smallest absolute Gasteiger partial charge is 0.305 e. The molecule has 4 rings (SSSR count). The predicted octanol–water partition coefficient (Wildman–Crippen LogP) is 3.98. The monoisotopic (exact) mass is 572 g/mol. The quantitative estimate of drug-likeness (QED) is 0.137. The number of aromatic hydroxyl groups is 1. The zero-order valence-electron chi connectivity index (χ0n) is 19.5. The summed E-state index contributed by atoms with van der Waals surface area (Å²) in [4.78, 5) is 18.4. The Kier molecular flexibility index (Phi) is 14.0. The maximum atomic E-state index is 11.7. The number of phenols is 1. The summed E-state index contributed by atoms with van der Waals surface area (Å²) >= 11 is 1.04. The fraction of sp³-hybridized carbons (Fsp3) is 0.280. The fourth-order valence-electron chi connectivity index (χ4n) is 3.79. The van der Waals surface area contributed by atoms with E-state index in [-0.39, 0.29) is 47.8 Å². The number of rotatable bonds is 11. The zero-order chi connectivity index (χ0) is 23.0. The Labute approximate surface area is 232 Å². The molecule has 2 aromatic heterocycles. The molecule has 2 heterocycles. The molecular formula is C25H31Cl3N4O3S. The van der Waals surface area contributed by atoms with Gasteiger partial charge in [0.05, 0.1) is 4.70 Å². The van der Waals surface area contributed by atoms with E-state index in [1.165, 1.54) is 11.1 Å². The summed E-state index contributed by atoms with van der Waals surface area (Å²) in [5.74, 6) is 0.0423. The first kappa shape index (κ1) is 31.9. The summed E-state index contributed by atoms with van der Waals surface area (Å²) in [6.45, 7) is 2.30. The molecule has 0 bridgehead atoms. The van der Waals surface area contributed by atoms with Crippen LogP contribution in [0, 0.1) is 0 Å². The zero-order valence-corrected chi connectivity index (χ0v) is 22.7. The topological polar surface area (TPSA) is 110 Å². The second-order valence-corrected chi connectivity index (χ2v) is 8.94. The van der Waals surface area contributed by atoms with Gasteiger partial charge in [0.15, 0.2) is 0 Å². The molecule has 0 radical (unpaired) electrons. The SMILES string of the molecule is Cl.Cl.Cl.O=c1[nH]c2c(O)ccc(CC(O)NCCc3cccc(CNCCc4ccccn4)c3)c2s1. The van der Waals surface area contributed by atoms with E-state index < -0.39 is 6.23 Å². The first-order chi connectivity index (χ1) is 16.1. The Balaban J connectivity index is 0.00000216. The number of hydrogen-bond donors (Lipinski definition) is 5. The number of nitrogens with one attached hydrogen (secondary N) is 3. The number of aromatic amines is 1. The molecule has 2 aromatic carbocycles. The summed E-state index contributed by atoms with van der Waals surface area (Å²) in [6.07, 6.45) is 3.12. The number of phenolic OH excluding ortho intramolecular Hbond substituents is 1. The normalized spacial score (nSPS) is 11.2. The van der Waals surface area contributed by atoms with Crippen molar-refractivity contribution < 1.29 is 10.2 Å². The van der Waals surface area contributed by atoms with E-state index in [0.717, 1.165) is 48.5 Å². The number of thiazole rings is 1. The van der Waals surface area contributed by atoms with Crippen molar-refractivity contribution in [2.75, 3.05) is 13.1 Å². The highest BCUT2D eigenvalue weighted by molar-refractivity contribution is 7.16. The fourth-order valence-corrected chi connectivity index (χ4v) is 4.67. The van der Waals surface area contributed by atoms with Gasteiger partial charge < -0.3 is 20.5 Å². The Morgan fingerprint density at radius 2 is 1.78 bits per heavy atom. The van der Waals surface area contributed by atoms with E-state index >= 15 is 0 Å². The van der Waals surface area contributed by atoms with E-state index in [0.29, 0.717) is 23.2 Å². The van der Waals surface area contributed by atoms with Crippen molar-refractivity contribution in [3.05, 3.63) is 92.8 Å². The van der Waals surface area contributed by atoms with Gasteiger partial charge >= 0.3 is 4.87 Å². The Bertz CT molecular complexity index is 1250. The third-order valence-electron chi connectivity index (χ3n) is 5.45. The van der Waals surface area contributed by atoms with Gasteiger partial charge in [0.25, 0.3) is 0 Å². The Morgan fingerprint density at radius 3 is 2.56 bits per heavy atom. The van der Waals surface area contributed by atoms with Crippen molar-refractivity contribution >= 4 is 58.8 Å². The molecule has 1 unspecified atom stereocenters. The number of nitrogens with zero attached hydrogens (tertiary/aromatic N) is 1. The average Bonchev–Trinajstić information content (AvgIpc) is 3.22. The number of benzene rings is 2. The second-order valence-electron chi connectivity index (χ2n) is 7.95. The molecule has 7 nitrogen and oxygen atoms in total. The molecule has 0 aliphatic heterocycles. The molecule has 1 atom stereocenters. The van der Waals surface area contributed by atoms with Gasteiger partial charge in [-0.2, -0.15) is 0 Å². The van der Waals surface area contributed by atoms with Crippen molar-refractivity contribution in [2.45, 2.75) is 32.0 Å². The van der Waals surface area contributed by atoms with Gasteiger partial charge in [-0.25, -0.2) is 0 Å². The van der Waals surface area contributed by atoms with Gasteiger partial charge in [-0.3, -0.25) is 15.1 Å². The van der Waals surface area contributed by atoms with Gasteiger partial charge in [0, 0.05) is 44.4 Å². The lowest BCUT2D eigenvalue weighted by atomic mass is 10.1. The highest BCUT2D eigenvalue weighted by Crippen LogP contribution is 2.28. The number of fused-ring (bicyclic) bond motifs is 1. The molecule has 11 heteroatoms. The number of aliphatic hydroxyl groups is 1. The van der Waals surface area contributed by atoms with Crippen molar-refractivity contribution in [1.82, 2.24) is 20.6 Å². The minimum absolute atomic E-state index is 0. The second kappa shape index (κ2) is 15.8. The van der Waals surface area contributed by atoms with Crippen LogP contribution >= 0.6 is 48.6 Å². The molecule has 0 aliphatic carbocycles. The van der Waals surface area contributed by atoms with Gasteiger partial charge in [-0.05, 0) is 41.3 Å². The van der Waals surface area contributed by atoms with Crippen LogP contribution in [0.2, 0.25) is 0 Å². The predicted molar refractivity (Wildman–Crippen MR) is 153 cm³/mol. The maximum Gasteiger partial charge on any atom is 0.305 e. The number of aliphatic hydroxyl groups excluding tert-OH is 1. The lowest BCUT2D eigenvalue weighted by Crippen LogP contribution is -2.32. The molecule has 0 spiro atoms. The van der Waals surface area contributed by atoms with Crippen LogP contribution in [0.5, 0.6) is 5.75 Å². The molecular weight excluding hydrogens is 543 g/mol. The van der Waals surface area contributed by atoms with E-state index in [1.807, 2.05) is 24.4 Å². The summed E-state index contributed by atoms with van der Waals surface area (Å²) in [5.41, 5.74) is 4.77. The van der Waals surface area contributed by atoms with Crippen LogP contribution in [-0.2, 0) is 25.8 Å². The van der Waals surface area contributed by atoms with E-state index in [4.69, 9.17) is 0 Å². The van der Waals surface area contributed by atoms with Crippen LogP contribution in [0.4, 0.5) is 0 Å². The van der Waals surface area contributed by atoms with E-state index in [2.05, 4.69) is 44.9 Å². The molecule has 0 saturated carbocycles. The van der Waals surface area contributed by atoms with Gasteiger partial charge in [-0.1, -0.05) is 47.7 Å². The minimum atomic E-state index is -0.744. The van der Waals surface area contributed by atoms with Crippen LogP contribution < -0.4 is 15.5 Å². The van der Waals surface area contributed by atoms with Gasteiger partial charge in [-0.15, -0.1) is 37.2 Å². The third kappa shape index (κ3) is 9.05. The summed E-state index contributed by atoms with van der Waals surface area (Å²) in [6, 6.07) is 17.7. The highest BCUT2D eigenvalue weighted by Gasteiger charge is 2.13. The average molecular weight is 574 g/mol. The Morgan fingerprint density at radius 1 is 0.972 bits per heavy atom. The van der Waals surface area contributed by atoms with Crippen LogP contribution in [0.1, 0.15) is 22.4 Å². The van der Waals surface area contributed by atoms with Crippen LogP contribution in [0.25, 0.3) is 10.2 Å². The first-order valence-corrected chi connectivity index (χ1v) is 11.8. The lowest BCUT2D eigenvalue weighted by molar-refractivity contribution is 0.138. The molecule has 0 saturated heterocycles. The molecule has 196 valence electrons. The number of aromatic nitrogens is 2. The number of pyridine rings is 1. The standard InChI is InChI=1S/C25H28N4O3S.3ClH/c30-21-8-7-19(24-23(21)29-25(32)33-24)15-22(31)28-13-9-17-4-3-5-18(14-17)16-26-12-10-20-6-1-2-11-27-20;;;/h1-8,11,14,22,26,28,30-31H,9-10,12-13,15-16H2,(H,29,32);3*1H. The van der Waals surface area contributed by atoms with Crippen LogP contribution in [0.15, 0.2) is 65.6 Å². The third-order valence-corrected chi connectivity index (χ3v) is 6.41. The lowest BCUT2D eigenvalue weighted by Gasteiger charge is -2.14. The summed E-state index contributed by atoms with van der Waals surface area (Å²) < 4.78 is 0.684. The first-order valence-electron chi connectivity index (χ1n) is 11.0. The van der Waals surface area contributed by atoms with E-state index in [9.17, 15) is 15.0 Å². The number of hydrogen-bond acceptors (Lipinski definition) is 7. The maximum absolute atomic E-state index is 11.7. The Hall–Kier alpha value is -2.17. The van der Waals surface area contributed by atoms with Crippen molar-refractivity contribution in [3.8, 4) is 5.75 Å². The van der Waals surface area contributed by atoms with E-state index in [1.54, 1.807) is 12.1 Å². The number of H-pyrrole nitrogens is 1. The molecule has 0 fully saturated rings. The molecule has 36 heavy (non-hydrogen) atoms. The molecule has 4 aromatic rings. The van der Waals surface area contributed by atoms with Crippen molar-refractivity contribution in [3.63, 3.8) is 0 Å². The van der Waals surface area contributed by atoms with Crippen molar-refractivity contribution in [1.29, 1.82) is 0 Å². The van der Waals surface area contributed by atoms with Crippen molar-refractivity contribution in [2.24, 2.45) is 0 Å². The van der Waals surface area contributed by atoms with Gasteiger partial charge in [0.1, 0.15) is 17.5 Å². The number of halogens is 3. The molecule has 5 N–H and O–H groups in total. The van der Waals surface area contributed by atoms with Crippen LogP contribution in [-0.4, -0.2) is 39.5 Å². The molecule has 0 aliphatic rings. The largest absolute Gasteiger partial charge is 0.506 e. The summed E-state index contributed by atoms with van der Waals surface area (Å²) in [5, 5.41) is 26.9. The highest BCUT2D eigenvalue weighted by atomic mass is 35.5. The van der Waals surface area contributed by atoms with Crippen LogP contribution in [0.3, 0.4) is 0 Å². The van der Waals surface area contributed by atoms with Gasteiger partial charge in [0.2, 0.25) is 0 Å². The summed E-state index contributed by atoms with van der Waals surface area (Å²) in [7, 11) is 0.